The number of aromatic hydroxyl groups is 1. The van der Waals surface area contributed by atoms with Gasteiger partial charge in [-0.3, -0.25) is 4.72 Å². The van der Waals surface area contributed by atoms with Crippen molar-refractivity contribution in [3.63, 3.8) is 0 Å². The molecule has 1 amide bonds. The second kappa shape index (κ2) is 4.87. The molecular formula is C8H9FN2O5S. The van der Waals surface area contributed by atoms with Crippen molar-refractivity contribution >= 4 is 22.0 Å². The van der Waals surface area contributed by atoms with E-state index in [1.807, 2.05) is 4.72 Å². The van der Waals surface area contributed by atoms with Crippen LogP contribution < -0.4 is 9.44 Å². The Labute approximate surface area is 96.4 Å². The molecule has 0 aromatic heterocycles. The molecular weight excluding hydrogens is 255 g/mol. The van der Waals surface area contributed by atoms with E-state index in [2.05, 4.69) is 4.74 Å². The molecule has 94 valence electrons. The van der Waals surface area contributed by atoms with Crippen LogP contribution in [0, 0.1) is 5.82 Å². The van der Waals surface area contributed by atoms with Crippen molar-refractivity contribution in [2.75, 3.05) is 11.8 Å². The van der Waals surface area contributed by atoms with Gasteiger partial charge in [0, 0.05) is 6.07 Å². The molecule has 0 fully saturated rings. The molecule has 0 saturated carbocycles. The summed E-state index contributed by atoms with van der Waals surface area (Å²) in [5.41, 5.74) is -0.275. The smallest absolute Gasteiger partial charge is 0.422 e. The monoisotopic (exact) mass is 264 g/mol. The van der Waals surface area contributed by atoms with Crippen LogP contribution in [0.15, 0.2) is 18.2 Å². The fraction of sp³-hybridized carbons (Fsp3) is 0.125. The first kappa shape index (κ1) is 13.0. The van der Waals surface area contributed by atoms with Crippen LogP contribution >= 0.6 is 0 Å². The second-order valence-corrected chi connectivity index (χ2v) is 4.28. The third-order valence-electron chi connectivity index (χ3n) is 1.61. The van der Waals surface area contributed by atoms with Gasteiger partial charge in [-0.2, -0.15) is 8.42 Å². The second-order valence-electron chi connectivity index (χ2n) is 2.86. The summed E-state index contributed by atoms with van der Waals surface area (Å²) in [6.07, 6.45) is -1.20. The van der Waals surface area contributed by atoms with E-state index in [1.165, 1.54) is 4.72 Å². The van der Waals surface area contributed by atoms with Crippen molar-refractivity contribution in [2.45, 2.75) is 0 Å². The number of hydrogen-bond donors (Lipinski definition) is 3. The van der Waals surface area contributed by atoms with Crippen LogP contribution in [0.1, 0.15) is 0 Å². The summed E-state index contributed by atoms with van der Waals surface area (Å²) in [6, 6.07) is 2.66. The first-order valence-corrected chi connectivity index (χ1v) is 5.69. The Hall–Kier alpha value is -2.03. The van der Waals surface area contributed by atoms with E-state index < -0.39 is 27.9 Å². The first-order chi connectivity index (χ1) is 7.84. The Morgan fingerprint density at radius 3 is 2.65 bits per heavy atom. The highest BCUT2D eigenvalue weighted by atomic mass is 32.2. The molecule has 9 heteroatoms. The molecule has 0 aliphatic heterocycles. The SMILES string of the molecule is COC(=O)NS(=O)(=O)Nc1ccc(F)cc1O. The van der Waals surface area contributed by atoms with Gasteiger partial charge in [0.2, 0.25) is 0 Å². The highest BCUT2D eigenvalue weighted by molar-refractivity contribution is 7.91. The topological polar surface area (TPSA) is 105 Å². The number of carbonyl (C=O) groups is 1. The number of rotatable bonds is 3. The summed E-state index contributed by atoms with van der Waals surface area (Å²) in [4.78, 5) is 10.7. The summed E-state index contributed by atoms with van der Waals surface area (Å²) in [5, 5.41) is 9.24. The fourth-order valence-corrected chi connectivity index (χ4v) is 1.73. The number of benzene rings is 1. The number of hydrogen-bond acceptors (Lipinski definition) is 5. The summed E-state index contributed by atoms with van der Waals surface area (Å²) >= 11 is 0. The number of methoxy groups -OCH3 is 1. The maximum Gasteiger partial charge on any atom is 0.422 e. The highest BCUT2D eigenvalue weighted by Crippen LogP contribution is 2.24. The minimum absolute atomic E-state index is 0.275. The molecule has 17 heavy (non-hydrogen) atoms. The fourth-order valence-electron chi connectivity index (χ4n) is 0.913. The predicted octanol–water partition coefficient (Wildman–Crippen LogP) is 0.544. The van der Waals surface area contributed by atoms with E-state index in [9.17, 15) is 22.7 Å². The van der Waals surface area contributed by atoms with E-state index in [4.69, 9.17) is 0 Å². The first-order valence-electron chi connectivity index (χ1n) is 4.21. The van der Waals surface area contributed by atoms with E-state index in [0.29, 0.717) is 0 Å². The molecule has 0 saturated heterocycles. The number of nitrogens with one attached hydrogen (secondary N) is 2. The van der Waals surface area contributed by atoms with Gasteiger partial charge in [-0.15, -0.1) is 0 Å². The van der Waals surface area contributed by atoms with Crippen molar-refractivity contribution in [3.05, 3.63) is 24.0 Å². The van der Waals surface area contributed by atoms with Gasteiger partial charge in [0.25, 0.3) is 0 Å². The van der Waals surface area contributed by atoms with Crippen molar-refractivity contribution < 1.29 is 27.4 Å². The number of ether oxygens (including phenoxy) is 1. The normalized spacial score (nSPS) is 10.7. The van der Waals surface area contributed by atoms with Crippen LogP contribution in [0.5, 0.6) is 5.75 Å². The molecule has 0 aliphatic carbocycles. The summed E-state index contributed by atoms with van der Waals surface area (Å²) < 4.78 is 42.6. The number of phenolic OH excluding ortho intramolecular Hbond substituents is 1. The zero-order chi connectivity index (χ0) is 13.1. The molecule has 7 nitrogen and oxygen atoms in total. The molecule has 0 unspecified atom stereocenters. The largest absolute Gasteiger partial charge is 0.506 e. The Morgan fingerprint density at radius 2 is 2.12 bits per heavy atom. The molecule has 1 aromatic carbocycles. The van der Waals surface area contributed by atoms with Gasteiger partial charge in [-0.25, -0.2) is 13.9 Å². The zero-order valence-electron chi connectivity index (χ0n) is 8.60. The number of phenols is 1. The average molecular weight is 264 g/mol. The van der Waals surface area contributed by atoms with Crippen LogP contribution in [0.25, 0.3) is 0 Å². The summed E-state index contributed by atoms with van der Waals surface area (Å²) in [5.74, 6) is -1.34. The molecule has 0 bridgehead atoms. The van der Waals surface area contributed by atoms with Gasteiger partial charge in [-0.05, 0) is 12.1 Å². The Bertz CT molecular complexity index is 531. The van der Waals surface area contributed by atoms with E-state index in [1.54, 1.807) is 0 Å². The van der Waals surface area contributed by atoms with Crippen molar-refractivity contribution in [2.24, 2.45) is 0 Å². The van der Waals surface area contributed by atoms with Crippen molar-refractivity contribution in [3.8, 4) is 5.75 Å². The van der Waals surface area contributed by atoms with Gasteiger partial charge < -0.3 is 9.84 Å². The van der Waals surface area contributed by atoms with Crippen LogP contribution in [0.2, 0.25) is 0 Å². The molecule has 0 radical (unpaired) electrons. The Balaban J connectivity index is 2.87. The van der Waals surface area contributed by atoms with Gasteiger partial charge >= 0.3 is 16.3 Å². The molecule has 0 atom stereocenters. The molecule has 1 aromatic rings. The van der Waals surface area contributed by atoms with Gasteiger partial charge in [-0.1, -0.05) is 0 Å². The minimum Gasteiger partial charge on any atom is -0.506 e. The zero-order valence-corrected chi connectivity index (χ0v) is 9.41. The average Bonchev–Trinajstić information content (AvgIpc) is 2.21. The maximum absolute atomic E-state index is 12.6. The predicted molar refractivity (Wildman–Crippen MR) is 56.1 cm³/mol. The quantitative estimate of drug-likeness (QED) is 0.691. The number of halogens is 1. The lowest BCUT2D eigenvalue weighted by Gasteiger charge is -2.09. The third kappa shape index (κ3) is 3.79. The lowest BCUT2D eigenvalue weighted by atomic mass is 10.3. The number of anilines is 1. The molecule has 3 N–H and O–H groups in total. The van der Waals surface area contributed by atoms with Crippen molar-refractivity contribution in [1.29, 1.82) is 0 Å². The Kier molecular flexibility index (Phi) is 3.73. The van der Waals surface area contributed by atoms with E-state index in [0.717, 1.165) is 25.3 Å². The van der Waals surface area contributed by atoms with Crippen LogP contribution in [0.4, 0.5) is 14.9 Å². The third-order valence-corrected chi connectivity index (χ3v) is 2.53. The Morgan fingerprint density at radius 1 is 1.47 bits per heavy atom. The van der Waals surface area contributed by atoms with Gasteiger partial charge in [0.05, 0.1) is 12.8 Å². The number of amides is 1. The van der Waals surface area contributed by atoms with Crippen LogP contribution in [-0.4, -0.2) is 26.7 Å². The lowest BCUT2D eigenvalue weighted by molar-refractivity contribution is 0.177. The maximum atomic E-state index is 12.6. The summed E-state index contributed by atoms with van der Waals surface area (Å²) in [7, 11) is -3.25. The molecule has 0 aliphatic rings. The minimum atomic E-state index is -4.24. The summed E-state index contributed by atoms with van der Waals surface area (Å²) in [6.45, 7) is 0. The van der Waals surface area contributed by atoms with Crippen molar-refractivity contribution in [1.82, 2.24) is 4.72 Å². The standard InChI is InChI=1S/C8H9FN2O5S/c1-16-8(13)11-17(14,15)10-6-3-2-5(9)4-7(6)12/h2-4,10,12H,1H3,(H,11,13). The van der Waals surface area contributed by atoms with E-state index in [-0.39, 0.29) is 5.69 Å². The molecule has 0 heterocycles. The highest BCUT2D eigenvalue weighted by Gasteiger charge is 2.16. The van der Waals surface area contributed by atoms with Crippen LogP contribution in [0.3, 0.4) is 0 Å². The van der Waals surface area contributed by atoms with E-state index >= 15 is 0 Å². The van der Waals surface area contributed by atoms with Crippen LogP contribution in [-0.2, 0) is 14.9 Å². The lowest BCUT2D eigenvalue weighted by Crippen LogP contribution is -2.35. The molecule has 0 spiro atoms. The van der Waals surface area contributed by atoms with Gasteiger partial charge in [0.1, 0.15) is 11.6 Å². The van der Waals surface area contributed by atoms with Gasteiger partial charge in [0.15, 0.2) is 0 Å². The number of carbonyl (C=O) groups excluding carboxylic acids is 1. The molecule has 1 rings (SSSR count).